The largest absolute Gasteiger partial charge is 0.392 e. The molecule has 1 amide bonds. The Morgan fingerprint density at radius 1 is 1.33 bits per heavy atom. The summed E-state index contributed by atoms with van der Waals surface area (Å²) in [5.41, 5.74) is -0.128. The molecule has 5 heteroatoms. The molecule has 2 aliphatic heterocycles. The summed E-state index contributed by atoms with van der Waals surface area (Å²) in [5, 5.41) is 10.7. The molecule has 0 aliphatic carbocycles. The minimum absolute atomic E-state index is 0.128. The molecule has 2 saturated heterocycles. The minimum Gasteiger partial charge on any atom is -0.392 e. The van der Waals surface area contributed by atoms with Crippen LogP contribution in [0, 0.1) is 11.3 Å². The number of ether oxygens (including phenoxy) is 1. The van der Waals surface area contributed by atoms with Crippen LogP contribution in [0.3, 0.4) is 0 Å². The van der Waals surface area contributed by atoms with E-state index in [2.05, 4.69) is 18.7 Å². The molecule has 0 aromatic heterocycles. The van der Waals surface area contributed by atoms with Crippen LogP contribution in [0.15, 0.2) is 0 Å². The van der Waals surface area contributed by atoms with Crippen LogP contribution in [0.2, 0.25) is 0 Å². The molecule has 2 aliphatic rings. The quantitative estimate of drug-likeness (QED) is 0.722. The molecule has 2 atom stereocenters. The second kappa shape index (κ2) is 9.16. The van der Waals surface area contributed by atoms with Crippen LogP contribution >= 0.6 is 0 Å². The highest BCUT2D eigenvalue weighted by molar-refractivity contribution is 5.76. The molecule has 0 unspecified atom stereocenters. The van der Waals surface area contributed by atoms with Gasteiger partial charge in [0.2, 0.25) is 5.91 Å². The topological polar surface area (TPSA) is 53.0 Å². The van der Waals surface area contributed by atoms with Gasteiger partial charge in [-0.25, -0.2) is 0 Å². The van der Waals surface area contributed by atoms with Crippen molar-refractivity contribution in [2.75, 3.05) is 46.4 Å². The second-order valence-corrected chi connectivity index (χ2v) is 8.14. The van der Waals surface area contributed by atoms with Crippen molar-refractivity contribution in [2.45, 2.75) is 58.5 Å². The normalized spacial score (nSPS) is 28.7. The van der Waals surface area contributed by atoms with Gasteiger partial charge in [0.25, 0.3) is 0 Å². The Kier molecular flexibility index (Phi) is 7.51. The third-order valence-corrected chi connectivity index (χ3v) is 5.68. The molecular formula is C19H36N2O3. The number of rotatable bonds is 7. The van der Waals surface area contributed by atoms with Crippen molar-refractivity contribution < 1.29 is 14.6 Å². The lowest BCUT2D eigenvalue weighted by atomic mass is 9.71. The lowest BCUT2D eigenvalue weighted by molar-refractivity contribution is -0.141. The monoisotopic (exact) mass is 340 g/mol. The van der Waals surface area contributed by atoms with E-state index in [0.717, 1.165) is 71.4 Å². The summed E-state index contributed by atoms with van der Waals surface area (Å²) in [6.07, 6.45) is 5.20. The highest BCUT2D eigenvalue weighted by Gasteiger charge is 2.46. The van der Waals surface area contributed by atoms with Gasteiger partial charge in [-0.2, -0.15) is 0 Å². The summed E-state index contributed by atoms with van der Waals surface area (Å²) in [6.45, 7) is 9.57. The molecule has 0 saturated carbocycles. The molecule has 0 aromatic rings. The van der Waals surface area contributed by atoms with E-state index in [1.165, 1.54) is 0 Å². The SMILES string of the molecule is COCCCN1CC[C@@H](O)[C@]2(CCCN(C(=O)CCC(C)C)C2)C1. The van der Waals surface area contributed by atoms with E-state index in [1.54, 1.807) is 7.11 Å². The summed E-state index contributed by atoms with van der Waals surface area (Å²) in [7, 11) is 1.74. The molecule has 0 aromatic carbocycles. The second-order valence-electron chi connectivity index (χ2n) is 8.14. The van der Waals surface area contributed by atoms with Crippen LogP contribution in [0.5, 0.6) is 0 Å². The zero-order valence-electron chi connectivity index (χ0n) is 15.8. The van der Waals surface area contributed by atoms with E-state index >= 15 is 0 Å². The van der Waals surface area contributed by atoms with Crippen molar-refractivity contribution >= 4 is 5.91 Å². The molecule has 5 nitrogen and oxygen atoms in total. The Morgan fingerprint density at radius 3 is 2.83 bits per heavy atom. The maximum absolute atomic E-state index is 12.5. The van der Waals surface area contributed by atoms with Gasteiger partial charge in [0, 0.05) is 58.3 Å². The lowest BCUT2D eigenvalue weighted by Crippen LogP contribution is -2.59. The van der Waals surface area contributed by atoms with Gasteiger partial charge in [0.15, 0.2) is 0 Å². The van der Waals surface area contributed by atoms with E-state index < -0.39 is 0 Å². The first-order valence-electron chi connectivity index (χ1n) is 9.64. The molecule has 0 radical (unpaired) electrons. The first-order valence-corrected chi connectivity index (χ1v) is 9.64. The van der Waals surface area contributed by atoms with Crippen molar-refractivity contribution in [3.05, 3.63) is 0 Å². The Bertz CT molecular complexity index is 402. The molecule has 1 spiro atoms. The van der Waals surface area contributed by atoms with E-state index in [1.807, 2.05) is 4.90 Å². The van der Waals surface area contributed by atoms with Crippen LogP contribution in [0.4, 0.5) is 0 Å². The van der Waals surface area contributed by atoms with Crippen molar-refractivity contribution in [3.8, 4) is 0 Å². The predicted molar refractivity (Wildman–Crippen MR) is 95.9 cm³/mol. The average Bonchev–Trinajstić information content (AvgIpc) is 2.56. The number of likely N-dealkylation sites (tertiary alicyclic amines) is 2. The van der Waals surface area contributed by atoms with Gasteiger partial charge >= 0.3 is 0 Å². The van der Waals surface area contributed by atoms with Crippen molar-refractivity contribution in [2.24, 2.45) is 11.3 Å². The Balaban J connectivity index is 1.94. The fraction of sp³-hybridized carbons (Fsp3) is 0.947. The Labute approximate surface area is 147 Å². The van der Waals surface area contributed by atoms with E-state index in [4.69, 9.17) is 4.74 Å². The number of carbonyl (C=O) groups excluding carboxylic acids is 1. The molecule has 2 heterocycles. The minimum atomic E-state index is -0.281. The summed E-state index contributed by atoms with van der Waals surface area (Å²) < 4.78 is 5.16. The average molecular weight is 341 g/mol. The zero-order valence-corrected chi connectivity index (χ0v) is 15.8. The number of nitrogens with zero attached hydrogens (tertiary/aromatic N) is 2. The van der Waals surface area contributed by atoms with Gasteiger partial charge in [-0.3, -0.25) is 4.79 Å². The van der Waals surface area contributed by atoms with Gasteiger partial charge in [-0.05, 0) is 38.0 Å². The summed E-state index contributed by atoms with van der Waals surface area (Å²) >= 11 is 0. The van der Waals surface area contributed by atoms with Gasteiger partial charge in [-0.1, -0.05) is 13.8 Å². The zero-order chi connectivity index (χ0) is 17.6. The van der Waals surface area contributed by atoms with Crippen LogP contribution in [-0.4, -0.2) is 73.4 Å². The number of aliphatic hydroxyl groups excluding tert-OH is 1. The van der Waals surface area contributed by atoms with Crippen LogP contribution < -0.4 is 0 Å². The van der Waals surface area contributed by atoms with Gasteiger partial charge in [0.05, 0.1) is 6.10 Å². The Morgan fingerprint density at radius 2 is 2.12 bits per heavy atom. The van der Waals surface area contributed by atoms with Crippen LogP contribution in [-0.2, 0) is 9.53 Å². The maximum atomic E-state index is 12.5. The summed E-state index contributed by atoms with van der Waals surface area (Å²) in [4.78, 5) is 17.0. The van der Waals surface area contributed by atoms with Gasteiger partial charge in [0.1, 0.15) is 0 Å². The van der Waals surface area contributed by atoms with E-state index in [9.17, 15) is 9.90 Å². The third-order valence-electron chi connectivity index (χ3n) is 5.68. The number of amides is 1. The van der Waals surface area contributed by atoms with E-state index in [0.29, 0.717) is 12.3 Å². The summed E-state index contributed by atoms with van der Waals surface area (Å²) in [5.74, 6) is 0.829. The number of methoxy groups -OCH3 is 1. The molecule has 140 valence electrons. The van der Waals surface area contributed by atoms with Crippen molar-refractivity contribution in [1.82, 2.24) is 9.80 Å². The lowest BCUT2D eigenvalue weighted by Gasteiger charge is -2.51. The van der Waals surface area contributed by atoms with Crippen LogP contribution in [0.1, 0.15) is 52.4 Å². The molecule has 2 rings (SSSR count). The van der Waals surface area contributed by atoms with Gasteiger partial charge in [-0.15, -0.1) is 0 Å². The van der Waals surface area contributed by atoms with Crippen LogP contribution in [0.25, 0.3) is 0 Å². The van der Waals surface area contributed by atoms with Crippen molar-refractivity contribution in [3.63, 3.8) is 0 Å². The standard InChI is InChI=1S/C19H36N2O3/c1-16(2)6-7-18(23)21-11-4-9-19(15-21)14-20(10-5-13-24-3)12-8-17(19)22/h16-17,22H,4-15H2,1-3H3/t17-,19-/m1/s1. The smallest absolute Gasteiger partial charge is 0.222 e. The van der Waals surface area contributed by atoms with Crippen molar-refractivity contribution in [1.29, 1.82) is 0 Å². The molecular weight excluding hydrogens is 304 g/mol. The molecule has 0 bridgehead atoms. The number of carbonyl (C=O) groups is 1. The predicted octanol–water partition coefficient (Wildman–Crippen LogP) is 2.13. The fourth-order valence-electron chi connectivity index (χ4n) is 4.21. The molecule has 2 fully saturated rings. The summed E-state index contributed by atoms with van der Waals surface area (Å²) in [6, 6.07) is 0. The maximum Gasteiger partial charge on any atom is 0.222 e. The number of aliphatic hydroxyl groups is 1. The first-order chi connectivity index (χ1) is 11.5. The molecule has 1 N–H and O–H groups in total. The fourth-order valence-corrected chi connectivity index (χ4v) is 4.21. The van der Waals surface area contributed by atoms with E-state index in [-0.39, 0.29) is 17.4 Å². The number of piperidine rings is 2. The number of hydrogen-bond donors (Lipinski definition) is 1. The highest BCUT2D eigenvalue weighted by atomic mass is 16.5. The highest BCUT2D eigenvalue weighted by Crippen LogP contribution is 2.39. The third kappa shape index (κ3) is 5.17. The Hall–Kier alpha value is -0.650. The first kappa shape index (κ1) is 19.7. The molecule has 24 heavy (non-hydrogen) atoms. The van der Waals surface area contributed by atoms with Gasteiger partial charge < -0.3 is 19.6 Å². The number of hydrogen-bond acceptors (Lipinski definition) is 4.